The van der Waals surface area contributed by atoms with E-state index in [4.69, 9.17) is 5.26 Å². The first kappa shape index (κ1) is 15.3. The average molecular weight is 286 g/mol. The van der Waals surface area contributed by atoms with Gasteiger partial charge in [0.05, 0.1) is 6.07 Å². The van der Waals surface area contributed by atoms with Gasteiger partial charge < -0.3 is 15.1 Å². The van der Waals surface area contributed by atoms with Gasteiger partial charge in [0.1, 0.15) is 6.42 Å². The zero-order valence-corrected chi connectivity index (χ0v) is 12.7. The van der Waals surface area contributed by atoms with Gasteiger partial charge in [0.15, 0.2) is 0 Å². The van der Waals surface area contributed by atoms with E-state index in [-0.39, 0.29) is 12.3 Å². The van der Waals surface area contributed by atoms with E-state index in [2.05, 4.69) is 29.2 Å². The molecule has 1 unspecified atom stereocenters. The predicted molar refractivity (Wildman–Crippen MR) is 84.2 cm³/mol. The highest BCUT2D eigenvalue weighted by molar-refractivity contribution is 5.92. The molecule has 21 heavy (non-hydrogen) atoms. The number of anilines is 2. The molecule has 1 aromatic carbocycles. The third kappa shape index (κ3) is 4.20. The van der Waals surface area contributed by atoms with Crippen LogP contribution < -0.4 is 10.2 Å². The van der Waals surface area contributed by atoms with Crippen molar-refractivity contribution < 1.29 is 4.79 Å². The van der Waals surface area contributed by atoms with E-state index in [1.807, 2.05) is 30.3 Å². The summed E-state index contributed by atoms with van der Waals surface area (Å²) in [5.41, 5.74) is 1.92. The van der Waals surface area contributed by atoms with Gasteiger partial charge in [-0.15, -0.1) is 0 Å². The summed E-state index contributed by atoms with van der Waals surface area (Å²) in [7, 11) is 4.25. The number of piperidine rings is 1. The summed E-state index contributed by atoms with van der Waals surface area (Å²) >= 11 is 0. The van der Waals surface area contributed by atoms with E-state index < -0.39 is 0 Å². The van der Waals surface area contributed by atoms with Gasteiger partial charge in [0.2, 0.25) is 5.91 Å². The van der Waals surface area contributed by atoms with Crippen molar-refractivity contribution in [2.24, 2.45) is 0 Å². The topological polar surface area (TPSA) is 59.4 Å². The molecule has 2 rings (SSSR count). The van der Waals surface area contributed by atoms with E-state index in [0.29, 0.717) is 6.04 Å². The average Bonchev–Trinajstić information content (AvgIpc) is 2.48. The van der Waals surface area contributed by atoms with Gasteiger partial charge >= 0.3 is 0 Å². The maximum atomic E-state index is 11.4. The van der Waals surface area contributed by atoms with Gasteiger partial charge in [-0.05, 0) is 51.2 Å². The van der Waals surface area contributed by atoms with Crippen LogP contribution in [0.2, 0.25) is 0 Å². The zero-order valence-electron chi connectivity index (χ0n) is 12.7. The summed E-state index contributed by atoms with van der Waals surface area (Å²) in [5, 5.41) is 11.2. The van der Waals surface area contributed by atoms with Crippen LogP contribution in [0.5, 0.6) is 0 Å². The number of carbonyl (C=O) groups is 1. The lowest BCUT2D eigenvalue weighted by Gasteiger charge is -2.37. The highest BCUT2D eigenvalue weighted by Crippen LogP contribution is 2.23. The second kappa shape index (κ2) is 7.09. The standard InChI is InChI=1S/C16H22N4O/c1-19(2)15-4-3-11-20(12-15)14-7-5-13(6-8-14)18-16(21)9-10-17/h5-8,15H,3-4,9,11-12H2,1-2H3,(H,18,21). The Kier molecular flexibility index (Phi) is 5.18. The van der Waals surface area contributed by atoms with Crippen molar-refractivity contribution in [1.29, 1.82) is 5.26 Å². The SMILES string of the molecule is CN(C)C1CCCN(c2ccc(NC(=O)CC#N)cc2)C1. The Labute approximate surface area is 126 Å². The number of hydrogen-bond donors (Lipinski definition) is 1. The van der Waals surface area contributed by atoms with Gasteiger partial charge in [0.25, 0.3) is 0 Å². The number of nitrogens with zero attached hydrogens (tertiary/aromatic N) is 3. The molecule has 1 aliphatic heterocycles. The Balaban J connectivity index is 1.98. The number of carbonyl (C=O) groups excluding carboxylic acids is 1. The lowest BCUT2D eigenvalue weighted by Crippen LogP contribution is -2.45. The highest BCUT2D eigenvalue weighted by atomic mass is 16.1. The Bertz CT molecular complexity index is 518. The second-order valence-electron chi connectivity index (χ2n) is 5.64. The summed E-state index contributed by atoms with van der Waals surface area (Å²) in [4.78, 5) is 16.0. The normalized spacial score (nSPS) is 18.4. The largest absolute Gasteiger partial charge is 0.370 e. The lowest BCUT2D eigenvalue weighted by atomic mass is 10.0. The number of nitriles is 1. The van der Waals surface area contributed by atoms with Crippen LogP contribution in [0.1, 0.15) is 19.3 Å². The monoisotopic (exact) mass is 286 g/mol. The van der Waals surface area contributed by atoms with Gasteiger partial charge in [-0.2, -0.15) is 5.26 Å². The van der Waals surface area contributed by atoms with Crippen LogP contribution in [0, 0.1) is 11.3 Å². The van der Waals surface area contributed by atoms with Crippen molar-refractivity contribution >= 4 is 17.3 Å². The van der Waals surface area contributed by atoms with Crippen molar-refractivity contribution in [2.45, 2.75) is 25.3 Å². The Morgan fingerprint density at radius 1 is 1.43 bits per heavy atom. The molecule has 1 N–H and O–H groups in total. The van der Waals surface area contributed by atoms with Gasteiger partial charge in [-0.3, -0.25) is 4.79 Å². The smallest absolute Gasteiger partial charge is 0.238 e. The molecule has 0 aromatic heterocycles. The number of likely N-dealkylation sites (N-methyl/N-ethyl adjacent to an activating group) is 1. The first-order chi connectivity index (χ1) is 10.1. The fraction of sp³-hybridized carbons (Fsp3) is 0.500. The van der Waals surface area contributed by atoms with Crippen molar-refractivity contribution in [1.82, 2.24) is 4.90 Å². The van der Waals surface area contributed by atoms with Crippen LogP contribution in [0.4, 0.5) is 11.4 Å². The maximum Gasteiger partial charge on any atom is 0.238 e. The van der Waals surface area contributed by atoms with Crippen molar-refractivity contribution in [2.75, 3.05) is 37.4 Å². The van der Waals surface area contributed by atoms with Gasteiger partial charge in [-0.1, -0.05) is 0 Å². The zero-order chi connectivity index (χ0) is 15.2. The molecular weight excluding hydrogens is 264 g/mol. The molecule has 0 spiro atoms. The van der Waals surface area contributed by atoms with Crippen LogP contribution in [-0.2, 0) is 4.79 Å². The van der Waals surface area contributed by atoms with E-state index in [1.165, 1.54) is 18.5 Å². The van der Waals surface area contributed by atoms with Crippen LogP contribution >= 0.6 is 0 Å². The Morgan fingerprint density at radius 2 is 2.14 bits per heavy atom. The number of amides is 1. The molecule has 1 aromatic rings. The third-order valence-corrected chi connectivity index (χ3v) is 3.88. The molecule has 5 heteroatoms. The van der Waals surface area contributed by atoms with Crippen LogP contribution in [-0.4, -0.2) is 44.0 Å². The fourth-order valence-corrected chi connectivity index (χ4v) is 2.64. The molecule has 0 aliphatic carbocycles. The highest BCUT2D eigenvalue weighted by Gasteiger charge is 2.21. The summed E-state index contributed by atoms with van der Waals surface area (Å²) in [6.07, 6.45) is 2.33. The predicted octanol–water partition coefficient (Wildman–Crippen LogP) is 2.07. The van der Waals surface area contributed by atoms with Crippen molar-refractivity contribution in [3.05, 3.63) is 24.3 Å². The quantitative estimate of drug-likeness (QED) is 0.920. The number of rotatable bonds is 4. The minimum atomic E-state index is -0.268. The molecule has 0 radical (unpaired) electrons. The molecule has 112 valence electrons. The second-order valence-corrected chi connectivity index (χ2v) is 5.64. The first-order valence-electron chi connectivity index (χ1n) is 7.28. The number of nitrogens with one attached hydrogen (secondary N) is 1. The first-order valence-corrected chi connectivity index (χ1v) is 7.28. The summed E-state index contributed by atoms with van der Waals surface area (Å²) in [6.45, 7) is 2.11. The molecule has 1 amide bonds. The van der Waals surface area contributed by atoms with Crippen molar-refractivity contribution in [3.63, 3.8) is 0 Å². The lowest BCUT2D eigenvalue weighted by molar-refractivity contribution is -0.115. The Hall–Kier alpha value is -2.06. The summed E-state index contributed by atoms with van der Waals surface area (Å²) < 4.78 is 0. The fourth-order valence-electron chi connectivity index (χ4n) is 2.64. The molecular formula is C16H22N4O. The summed E-state index contributed by atoms with van der Waals surface area (Å²) in [6, 6.07) is 10.3. The minimum absolute atomic E-state index is 0.113. The van der Waals surface area contributed by atoms with Crippen LogP contribution in [0.15, 0.2) is 24.3 Å². The molecule has 1 saturated heterocycles. The van der Waals surface area contributed by atoms with E-state index in [9.17, 15) is 4.79 Å². The molecule has 1 aliphatic rings. The maximum absolute atomic E-state index is 11.4. The Morgan fingerprint density at radius 3 is 2.76 bits per heavy atom. The van der Waals surface area contributed by atoms with E-state index >= 15 is 0 Å². The molecule has 1 atom stereocenters. The third-order valence-electron chi connectivity index (χ3n) is 3.88. The number of hydrogen-bond acceptors (Lipinski definition) is 4. The van der Waals surface area contributed by atoms with Crippen molar-refractivity contribution in [3.8, 4) is 6.07 Å². The van der Waals surface area contributed by atoms with E-state index in [0.717, 1.165) is 18.8 Å². The van der Waals surface area contributed by atoms with Crippen LogP contribution in [0.3, 0.4) is 0 Å². The summed E-state index contributed by atoms with van der Waals surface area (Å²) in [5.74, 6) is -0.268. The minimum Gasteiger partial charge on any atom is -0.370 e. The number of benzene rings is 1. The molecule has 0 bridgehead atoms. The van der Waals surface area contributed by atoms with Gasteiger partial charge in [0, 0.05) is 30.5 Å². The van der Waals surface area contributed by atoms with Gasteiger partial charge in [-0.25, -0.2) is 0 Å². The van der Waals surface area contributed by atoms with Crippen LogP contribution in [0.25, 0.3) is 0 Å². The van der Waals surface area contributed by atoms with E-state index in [1.54, 1.807) is 0 Å². The molecule has 1 heterocycles. The molecule has 5 nitrogen and oxygen atoms in total. The molecule has 0 saturated carbocycles. The molecule has 1 fully saturated rings.